The minimum absolute atomic E-state index is 0.269. The zero-order chi connectivity index (χ0) is 19.3. The van der Waals surface area contributed by atoms with Crippen molar-refractivity contribution in [2.75, 3.05) is 40.3 Å². The Morgan fingerprint density at radius 2 is 1.88 bits per heavy atom. The van der Waals surface area contributed by atoms with Crippen molar-refractivity contribution in [3.63, 3.8) is 0 Å². The molecule has 0 bridgehead atoms. The number of likely N-dealkylation sites (tertiary alicyclic amines) is 1. The Hall–Kier alpha value is -1.36. The molecule has 3 atom stereocenters. The summed E-state index contributed by atoms with van der Waals surface area (Å²) in [6.07, 6.45) is 6.25. The van der Waals surface area contributed by atoms with Gasteiger partial charge in [0.2, 0.25) is 5.91 Å². The number of amides is 1. The van der Waals surface area contributed by atoms with Gasteiger partial charge in [-0.05, 0) is 51.5 Å². The molecule has 1 amide bonds. The van der Waals surface area contributed by atoms with Gasteiger partial charge < -0.3 is 9.80 Å². The molecule has 0 N–H and O–H groups in total. The van der Waals surface area contributed by atoms with Gasteiger partial charge in [-0.15, -0.1) is 0 Å². The van der Waals surface area contributed by atoms with Gasteiger partial charge in [-0.1, -0.05) is 6.92 Å². The summed E-state index contributed by atoms with van der Waals surface area (Å²) in [4.78, 5) is 31.6. The van der Waals surface area contributed by atoms with Crippen LogP contribution in [-0.4, -0.2) is 72.7 Å². The molecule has 0 spiro atoms. The van der Waals surface area contributed by atoms with E-state index in [4.69, 9.17) is 0 Å². The lowest BCUT2D eigenvalue weighted by Crippen LogP contribution is -2.52. The van der Waals surface area contributed by atoms with E-state index in [1.807, 2.05) is 43.9 Å². The van der Waals surface area contributed by atoms with Crippen molar-refractivity contribution in [2.24, 2.45) is 11.8 Å². The molecular formula is C21H37N3O2. The summed E-state index contributed by atoms with van der Waals surface area (Å²) in [5.74, 6) is 1.34. The summed E-state index contributed by atoms with van der Waals surface area (Å²) in [5, 5.41) is 0. The maximum Gasteiger partial charge on any atom is 0.222 e. The largest absolute Gasteiger partial charge is 0.383 e. The van der Waals surface area contributed by atoms with Gasteiger partial charge in [0.1, 0.15) is 0 Å². The highest BCUT2D eigenvalue weighted by atomic mass is 16.2. The first-order valence-corrected chi connectivity index (χ1v) is 10.3. The zero-order valence-electron chi connectivity index (χ0n) is 17.3. The standard InChI is InChI=1S/C21H37N3O2/c1-6-9-24-14-16(11-21(26)23(7-2)8-3)10-17-13-20(25)18(12-19(17)24)15-22(4)5/h15-17,19H,6-14H2,1-5H3/t16-,17-,19-/m1/s1. The van der Waals surface area contributed by atoms with Crippen molar-refractivity contribution in [3.05, 3.63) is 11.8 Å². The van der Waals surface area contributed by atoms with E-state index >= 15 is 0 Å². The summed E-state index contributed by atoms with van der Waals surface area (Å²) < 4.78 is 0. The molecule has 148 valence electrons. The SMILES string of the molecule is CCCN1C[C@@H](CC(=O)N(CC)CC)C[C@@H]2CC(=O)C(=CN(C)C)C[C@H]21. The molecule has 2 fully saturated rings. The monoisotopic (exact) mass is 363 g/mol. The van der Waals surface area contributed by atoms with E-state index in [0.29, 0.717) is 36.5 Å². The molecule has 1 aliphatic carbocycles. The van der Waals surface area contributed by atoms with Crippen molar-refractivity contribution in [1.82, 2.24) is 14.7 Å². The summed E-state index contributed by atoms with van der Waals surface area (Å²) in [7, 11) is 3.96. The molecule has 5 nitrogen and oxygen atoms in total. The van der Waals surface area contributed by atoms with Crippen molar-refractivity contribution in [2.45, 2.75) is 58.9 Å². The van der Waals surface area contributed by atoms with Crippen LogP contribution in [0.1, 0.15) is 52.9 Å². The maximum absolute atomic E-state index is 12.6. The van der Waals surface area contributed by atoms with Crippen LogP contribution in [0.25, 0.3) is 0 Å². The second kappa shape index (κ2) is 9.54. The molecule has 5 heteroatoms. The molecule has 0 radical (unpaired) electrons. The fourth-order valence-corrected chi connectivity index (χ4v) is 4.73. The lowest BCUT2D eigenvalue weighted by atomic mass is 9.72. The van der Waals surface area contributed by atoms with Gasteiger partial charge in [-0.25, -0.2) is 0 Å². The fraction of sp³-hybridized carbons (Fsp3) is 0.810. The first-order chi connectivity index (χ1) is 12.4. The molecule has 1 heterocycles. The molecular weight excluding hydrogens is 326 g/mol. The predicted octanol–water partition coefficient (Wildman–Crippen LogP) is 2.77. The zero-order valence-corrected chi connectivity index (χ0v) is 17.3. The quantitative estimate of drug-likeness (QED) is 0.653. The van der Waals surface area contributed by atoms with Crippen LogP contribution < -0.4 is 0 Å². The van der Waals surface area contributed by atoms with Crippen molar-refractivity contribution in [3.8, 4) is 0 Å². The Kier molecular flexibility index (Phi) is 7.69. The van der Waals surface area contributed by atoms with Crippen LogP contribution in [0.5, 0.6) is 0 Å². The van der Waals surface area contributed by atoms with E-state index in [1.165, 1.54) is 0 Å². The molecule has 1 saturated carbocycles. The van der Waals surface area contributed by atoms with E-state index < -0.39 is 0 Å². The number of fused-ring (bicyclic) bond motifs is 1. The first kappa shape index (κ1) is 20.9. The van der Waals surface area contributed by atoms with Crippen LogP contribution >= 0.6 is 0 Å². The normalized spacial score (nSPS) is 28.1. The number of carbonyl (C=O) groups excluding carboxylic acids is 2. The average Bonchev–Trinajstić information content (AvgIpc) is 2.57. The third kappa shape index (κ3) is 5.09. The summed E-state index contributed by atoms with van der Waals surface area (Å²) in [6, 6.07) is 0.457. The molecule has 0 aromatic heterocycles. The lowest BCUT2D eigenvalue weighted by Gasteiger charge is -2.47. The minimum Gasteiger partial charge on any atom is -0.383 e. The molecule has 1 saturated heterocycles. The molecule has 26 heavy (non-hydrogen) atoms. The van der Waals surface area contributed by atoms with Crippen LogP contribution in [0.15, 0.2) is 11.8 Å². The number of hydrogen-bond donors (Lipinski definition) is 0. The highest BCUT2D eigenvalue weighted by Crippen LogP contribution is 2.39. The van der Waals surface area contributed by atoms with E-state index in [2.05, 4.69) is 11.8 Å². The predicted molar refractivity (Wildman–Crippen MR) is 106 cm³/mol. The number of carbonyl (C=O) groups is 2. The van der Waals surface area contributed by atoms with Crippen molar-refractivity contribution < 1.29 is 9.59 Å². The number of hydrogen-bond acceptors (Lipinski definition) is 4. The van der Waals surface area contributed by atoms with Gasteiger partial charge in [0.15, 0.2) is 5.78 Å². The Balaban J connectivity index is 2.10. The van der Waals surface area contributed by atoms with E-state index in [0.717, 1.165) is 51.0 Å². The molecule has 1 aliphatic heterocycles. The number of piperidine rings is 1. The number of rotatable bonds is 7. The smallest absolute Gasteiger partial charge is 0.222 e. The Morgan fingerprint density at radius 3 is 2.46 bits per heavy atom. The Labute approximate surface area is 159 Å². The van der Waals surface area contributed by atoms with Gasteiger partial charge in [0.25, 0.3) is 0 Å². The van der Waals surface area contributed by atoms with E-state index in [9.17, 15) is 9.59 Å². The Bertz CT molecular complexity index is 525. The number of nitrogens with zero attached hydrogens (tertiary/aromatic N) is 3. The third-order valence-corrected chi connectivity index (χ3v) is 5.88. The van der Waals surface area contributed by atoms with Gasteiger partial charge >= 0.3 is 0 Å². The summed E-state index contributed by atoms with van der Waals surface area (Å²) in [5.41, 5.74) is 0.968. The fourth-order valence-electron chi connectivity index (χ4n) is 4.73. The molecule has 0 aromatic rings. The van der Waals surface area contributed by atoms with Gasteiger partial charge in [-0.2, -0.15) is 0 Å². The lowest BCUT2D eigenvalue weighted by molar-refractivity contribution is -0.132. The summed E-state index contributed by atoms with van der Waals surface area (Å²) >= 11 is 0. The number of Topliss-reactive ketones (excluding diaryl/α,β-unsaturated/α-hetero) is 1. The third-order valence-electron chi connectivity index (χ3n) is 5.88. The van der Waals surface area contributed by atoms with Crippen molar-refractivity contribution in [1.29, 1.82) is 0 Å². The highest BCUT2D eigenvalue weighted by molar-refractivity contribution is 5.96. The van der Waals surface area contributed by atoms with Crippen molar-refractivity contribution >= 4 is 11.7 Å². The van der Waals surface area contributed by atoms with Crippen LogP contribution in [0.3, 0.4) is 0 Å². The maximum atomic E-state index is 12.6. The van der Waals surface area contributed by atoms with Crippen LogP contribution in [0.4, 0.5) is 0 Å². The highest BCUT2D eigenvalue weighted by Gasteiger charge is 2.41. The second-order valence-electron chi connectivity index (χ2n) is 8.14. The van der Waals surface area contributed by atoms with Crippen LogP contribution in [0.2, 0.25) is 0 Å². The number of ketones is 1. The molecule has 2 aliphatic rings. The van der Waals surface area contributed by atoms with Crippen LogP contribution in [0, 0.1) is 11.8 Å². The van der Waals surface area contributed by atoms with Crippen LogP contribution in [-0.2, 0) is 9.59 Å². The van der Waals surface area contributed by atoms with Gasteiger partial charge in [-0.3, -0.25) is 14.5 Å². The second-order valence-corrected chi connectivity index (χ2v) is 8.14. The van der Waals surface area contributed by atoms with Gasteiger partial charge in [0, 0.05) is 64.4 Å². The minimum atomic E-state index is 0.269. The molecule has 0 aromatic carbocycles. The molecule has 2 rings (SSSR count). The first-order valence-electron chi connectivity index (χ1n) is 10.3. The topological polar surface area (TPSA) is 43.9 Å². The van der Waals surface area contributed by atoms with Gasteiger partial charge in [0.05, 0.1) is 0 Å². The molecule has 0 unspecified atom stereocenters. The Morgan fingerprint density at radius 1 is 1.19 bits per heavy atom. The van der Waals surface area contributed by atoms with E-state index in [-0.39, 0.29) is 5.91 Å². The average molecular weight is 364 g/mol. The summed E-state index contributed by atoms with van der Waals surface area (Å²) in [6.45, 7) is 9.91. The van der Waals surface area contributed by atoms with E-state index in [1.54, 1.807) is 0 Å².